The van der Waals surface area contributed by atoms with Gasteiger partial charge >= 0.3 is 0 Å². The summed E-state index contributed by atoms with van der Waals surface area (Å²) in [6.45, 7) is 1.63. The third-order valence-electron chi connectivity index (χ3n) is 2.07. The van der Waals surface area contributed by atoms with Crippen molar-refractivity contribution < 1.29 is 9.53 Å². The molecule has 1 rings (SSSR count). The SMILES string of the molecule is O=C(CC1CCCO1)NCCCI. The summed E-state index contributed by atoms with van der Waals surface area (Å²) in [5.74, 6) is 0.136. The summed E-state index contributed by atoms with van der Waals surface area (Å²) in [6.07, 6.45) is 3.92. The van der Waals surface area contributed by atoms with Gasteiger partial charge in [-0.25, -0.2) is 0 Å². The van der Waals surface area contributed by atoms with Crippen molar-refractivity contribution in [2.75, 3.05) is 17.6 Å². The molecule has 0 aromatic heterocycles. The first kappa shape index (κ1) is 11.2. The Hall–Kier alpha value is 0.160. The first-order valence-corrected chi connectivity index (χ1v) is 6.29. The van der Waals surface area contributed by atoms with Crippen LogP contribution in [0.1, 0.15) is 25.7 Å². The quantitative estimate of drug-likeness (QED) is 0.474. The van der Waals surface area contributed by atoms with Gasteiger partial charge in [-0.2, -0.15) is 0 Å². The van der Waals surface area contributed by atoms with Gasteiger partial charge in [0.2, 0.25) is 5.91 Å². The molecule has 0 aromatic rings. The standard InChI is InChI=1S/C9H16INO2/c10-4-2-5-11-9(12)7-8-3-1-6-13-8/h8H,1-7H2,(H,11,12). The summed E-state index contributed by atoms with van der Waals surface area (Å²) in [4.78, 5) is 11.3. The van der Waals surface area contributed by atoms with Gasteiger partial charge in [-0.05, 0) is 19.3 Å². The predicted molar refractivity (Wildman–Crippen MR) is 60.1 cm³/mol. The van der Waals surface area contributed by atoms with Crippen molar-refractivity contribution in [3.05, 3.63) is 0 Å². The number of nitrogens with one attached hydrogen (secondary N) is 1. The van der Waals surface area contributed by atoms with E-state index in [1.807, 2.05) is 0 Å². The van der Waals surface area contributed by atoms with Gasteiger partial charge in [-0.3, -0.25) is 4.79 Å². The lowest BCUT2D eigenvalue weighted by molar-refractivity contribution is -0.123. The van der Waals surface area contributed by atoms with Crippen LogP contribution in [0.15, 0.2) is 0 Å². The normalized spacial score (nSPS) is 21.8. The van der Waals surface area contributed by atoms with Crippen LogP contribution >= 0.6 is 22.6 Å². The third-order valence-corrected chi connectivity index (χ3v) is 2.83. The van der Waals surface area contributed by atoms with Crippen LogP contribution in [0.5, 0.6) is 0 Å². The monoisotopic (exact) mass is 297 g/mol. The first-order valence-electron chi connectivity index (χ1n) is 4.77. The molecule has 1 amide bonds. The highest BCUT2D eigenvalue weighted by Gasteiger charge is 2.18. The Kier molecular flexibility index (Phi) is 5.70. The van der Waals surface area contributed by atoms with Crippen LogP contribution in [-0.4, -0.2) is 29.6 Å². The average molecular weight is 297 g/mol. The Morgan fingerprint density at radius 2 is 2.46 bits per heavy atom. The highest BCUT2D eigenvalue weighted by molar-refractivity contribution is 14.1. The number of carbonyl (C=O) groups excluding carboxylic acids is 1. The van der Waals surface area contributed by atoms with E-state index in [-0.39, 0.29) is 12.0 Å². The van der Waals surface area contributed by atoms with Crippen LogP contribution in [0.3, 0.4) is 0 Å². The van der Waals surface area contributed by atoms with Gasteiger partial charge in [0.25, 0.3) is 0 Å². The van der Waals surface area contributed by atoms with Gasteiger partial charge in [0, 0.05) is 17.6 Å². The van der Waals surface area contributed by atoms with Gasteiger partial charge < -0.3 is 10.1 Å². The zero-order valence-corrected chi connectivity index (χ0v) is 9.88. The molecule has 1 aliphatic heterocycles. The largest absolute Gasteiger partial charge is 0.378 e. The molecule has 1 heterocycles. The van der Waals surface area contributed by atoms with Crippen molar-refractivity contribution >= 4 is 28.5 Å². The number of halogens is 1. The van der Waals surface area contributed by atoms with Crippen LogP contribution in [0.25, 0.3) is 0 Å². The summed E-state index contributed by atoms with van der Waals surface area (Å²) >= 11 is 2.31. The zero-order chi connectivity index (χ0) is 9.52. The molecular formula is C9H16INO2. The van der Waals surface area contributed by atoms with Crippen molar-refractivity contribution in [3.63, 3.8) is 0 Å². The van der Waals surface area contributed by atoms with E-state index in [4.69, 9.17) is 4.74 Å². The molecule has 13 heavy (non-hydrogen) atoms. The molecule has 3 nitrogen and oxygen atoms in total. The van der Waals surface area contributed by atoms with Crippen LogP contribution < -0.4 is 5.32 Å². The minimum atomic E-state index is 0.136. The molecule has 0 aromatic carbocycles. The summed E-state index contributed by atoms with van der Waals surface area (Å²) in [6, 6.07) is 0. The Balaban J connectivity index is 2.02. The minimum Gasteiger partial charge on any atom is -0.378 e. The van der Waals surface area contributed by atoms with Crippen LogP contribution in [-0.2, 0) is 9.53 Å². The van der Waals surface area contributed by atoms with Gasteiger partial charge in [-0.15, -0.1) is 0 Å². The lowest BCUT2D eigenvalue weighted by Crippen LogP contribution is -2.28. The molecular weight excluding hydrogens is 281 g/mol. The summed E-state index contributed by atoms with van der Waals surface area (Å²) in [7, 11) is 0. The third kappa shape index (κ3) is 4.81. The van der Waals surface area contributed by atoms with E-state index in [1.165, 1.54) is 0 Å². The van der Waals surface area contributed by atoms with Crippen LogP contribution in [0.4, 0.5) is 0 Å². The molecule has 1 aliphatic rings. The van der Waals surface area contributed by atoms with Crippen molar-refractivity contribution in [1.82, 2.24) is 5.32 Å². The summed E-state index contributed by atoms with van der Waals surface area (Å²) in [5.41, 5.74) is 0. The molecule has 0 saturated carbocycles. The number of rotatable bonds is 5. The minimum absolute atomic E-state index is 0.136. The number of alkyl halides is 1. The summed E-state index contributed by atoms with van der Waals surface area (Å²) < 4.78 is 6.46. The molecule has 1 fully saturated rings. The van der Waals surface area contributed by atoms with Gasteiger partial charge in [0.1, 0.15) is 0 Å². The zero-order valence-electron chi connectivity index (χ0n) is 7.72. The van der Waals surface area contributed by atoms with E-state index in [0.717, 1.165) is 36.8 Å². The van der Waals surface area contributed by atoms with E-state index in [9.17, 15) is 4.79 Å². The number of carbonyl (C=O) groups is 1. The Labute approximate surface area is 92.7 Å². The fourth-order valence-electron chi connectivity index (χ4n) is 1.38. The number of hydrogen-bond donors (Lipinski definition) is 1. The molecule has 0 radical (unpaired) electrons. The average Bonchev–Trinajstić information content (AvgIpc) is 2.57. The van der Waals surface area contributed by atoms with E-state index < -0.39 is 0 Å². The lowest BCUT2D eigenvalue weighted by atomic mass is 10.2. The molecule has 0 spiro atoms. The Bertz CT molecular complexity index is 158. The second-order valence-electron chi connectivity index (χ2n) is 3.23. The van der Waals surface area contributed by atoms with Crippen LogP contribution in [0, 0.1) is 0 Å². The second-order valence-corrected chi connectivity index (χ2v) is 4.31. The fraction of sp³-hybridized carbons (Fsp3) is 0.889. The Morgan fingerprint density at radius 3 is 3.08 bits per heavy atom. The maximum atomic E-state index is 11.3. The molecule has 4 heteroatoms. The van der Waals surface area contributed by atoms with Crippen molar-refractivity contribution in [1.29, 1.82) is 0 Å². The van der Waals surface area contributed by atoms with Crippen LogP contribution in [0.2, 0.25) is 0 Å². The highest BCUT2D eigenvalue weighted by Crippen LogP contribution is 2.14. The smallest absolute Gasteiger partial charge is 0.222 e. The van der Waals surface area contributed by atoms with Gasteiger partial charge in [0.05, 0.1) is 12.5 Å². The van der Waals surface area contributed by atoms with E-state index in [0.29, 0.717) is 6.42 Å². The molecule has 76 valence electrons. The number of amides is 1. The number of hydrogen-bond acceptors (Lipinski definition) is 2. The lowest BCUT2D eigenvalue weighted by Gasteiger charge is -2.08. The Morgan fingerprint density at radius 1 is 1.62 bits per heavy atom. The maximum Gasteiger partial charge on any atom is 0.222 e. The van der Waals surface area contributed by atoms with E-state index >= 15 is 0 Å². The highest BCUT2D eigenvalue weighted by atomic mass is 127. The molecule has 1 unspecified atom stereocenters. The van der Waals surface area contributed by atoms with Crippen molar-refractivity contribution in [2.24, 2.45) is 0 Å². The topological polar surface area (TPSA) is 38.3 Å². The van der Waals surface area contributed by atoms with E-state index in [2.05, 4.69) is 27.9 Å². The van der Waals surface area contributed by atoms with E-state index in [1.54, 1.807) is 0 Å². The molecule has 0 bridgehead atoms. The summed E-state index contributed by atoms with van der Waals surface area (Å²) in [5, 5.41) is 2.89. The second kappa shape index (κ2) is 6.59. The predicted octanol–water partition coefficient (Wildman–Crippen LogP) is 1.50. The van der Waals surface area contributed by atoms with Crippen molar-refractivity contribution in [3.8, 4) is 0 Å². The van der Waals surface area contributed by atoms with Crippen molar-refractivity contribution in [2.45, 2.75) is 31.8 Å². The molecule has 1 N–H and O–H groups in total. The van der Waals surface area contributed by atoms with Gasteiger partial charge in [-0.1, -0.05) is 22.6 Å². The fourth-order valence-corrected chi connectivity index (χ4v) is 1.76. The molecule has 0 aliphatic carbocycles. The molecule has 1 saturated heterocycles. The molecule has 1 atom stereocenters. The number of ether oxygens (including phenoxy) is 1. The maximum absolute atomic E-state index is 11.3. The first-order chi connectivity index (χ1) is 6.33. The van der Waals surface area contributed by atoms with Gasteiger partial charge in [0.15, 0.2) is 0 Å².